The molecule has 0 fully saturated rings. The van der Waals surface area contributed by atoms with Gasteiger partial charge in [-0.1, -0.05) is 6.07 Å². The zero-order valence-electron chi connectivity index (χ0n) is 12.9. The first-order valence-electron chi connectivity index (χ1n) is 6.70. The van der Waals surface area contributed by atoms with Gasteiger partial charge in [-0.05, 0) is 24.6 Å². The van der Waals surface area contributed by atoms with Gasteiger partial charge in [0.1, 0.15) is 5.69 Å². The predicted molar refractivity (Wildman–Crippen MR) is 82.3 cm³/mol. The van der Waals surface area contributed by atoms with E-state index in [1.165, 1.54) is 29.4 Å². The summed E-state index contributed by atoms with van der Waals surface area (Å²) in [5.74, 6) is -0.0651. The molecule has 0 aliphatic carbocycles. The van der Waals surface area contributed by atoms with Crippen molar-refractivity contribution in [3.63, 3.8) is 0 Å². The molecule has 2 rings (SSSR count). The van der Waals surface area contributed by atoms with Crippen LogP contribution in [0, 0.1) is 6.92 Å². The van der Waals surface area contributed by atoms with Crippen molar-refractivity contribution in [2.75, 3.05) is 14.2 Å². The smallest absolute Gasteiger partial charge is 0.387 e. The highest BCUT2D eigenvalue weighted by molar-refractivity contribution is 7.09. The molecule has 5 nitrogen and oxygen atoms in total. The van der Waals surface area contributed by atoms with E-state index in [1.807, 2.05) is 6.92 Å². The first kappa shape index (κ1) is 17.1. The van der Waals surface area contributed by atoms with Gasteiger partial charge < -0.3 is 14.4 Å². The Hall–Kier alpha value is -2.22. The van der Waals surface area contributed by atoms with Crippen LogP contribution in [0.3, 0.4) is 0 Å². The molecule has 8 heteroatoms. The van der Waals surface area contributed by atoms with Crippen molar-refractivity contribution >= 4 is 17.2 Å². The third kappa shape index (κ3) is 4.38. The van der Waals surface area contributed by atoms with Gasteiger partial charge in [-0.25, -0.2) is 4.98 Å². The van der Waals surface area contributed by atoms with E-state index in [-0.39, 0.29) is 17.4 Å². The number of halogens is 2. The van der Waals surface area contributed by atoms with Crippen LogP contribution in [0.4, 0.5) is 8.78 Å². The summed E-state index contributed by atoms with van der Waals surface area (Å²) in [6, 6.07) is 4.57. The number of aryl methyl sites for hydroxylation is 1. The van der Waals surface area contributed by atoms with Gasteiger partial charge in [0.2, 0.25) is 0 Å². The fourth-order valence-corrected chi connectivity index (χ4v) is 2.59. The number of thiazole rings is 1. The van der Waals surface area contributed by atoms with E-state index >= 15 is 0 Å². The molecule has 0 bridgehead atoms. The summed E-state index contributed by atoms with van der Waals surface area (Å²) in [4.78, 5) is 17.9. The molecule has 0 aliphatic heterocycles. The monoisotopic (exact) mass is 342 g/mol. The molecule has 0 radical (unpaired) electrons. The van der Waals surface area contributed by atoms with E-state index in [0.717, 1.165) is 10.6 Å². The van der Waals surface area contributed by atoms with Crippen molar-refractivity contribution in [1.82, 2.24) is 9.88 Å². The van der Waals surface area contributed by atoms with Crippen LogP contribution in [-0.4, -0.2) is 36.6 Å². The largest absolute Gasteiger partial charge is 0.493 e. The molecule has 0 atom stereocenters. The van der Waals surface area contributed by atoms with Crippen LogP contribution >= 0.6 is 11.3 Å². The quantitative estimate of drug-likeness (QED) is 0.808. The van der Waals surface area contributed by atoms with E-state index < -0.39 is 6.61 Å². The predicted octanol–water partition coefficient (Wildman–Crippen LogP) is 3.33. The van der Waals surface area contributed by atoms with Crippen LogP contribution in [0.2, 0.25) is 0 Å². The van der Waals surface area contributed by atoms with E-state index in [2.05, 4.69) is 9.72 Å². The second-order valence-electron chi connectivity index (χ2n) is 4.78. The fourth-order valence-electron chi connectivity index (χ4n) is 2.01. The Bertz CT molecular complexity index is 691. The van der Waals surface area contributed by atoms with Crippen LogP contribution < -0.4 is 9.47 Å². The molecule has 124 valence electrons. The van der Waals surface area contributed by atoms with Crippen molar-refractivity contribution in [2.24, 2.45) is 0 Å². The van der Waals surface area contributed by atoms with Crippen LogP contribution in [0.5, 0.6) is 11.5 Å². The van der Waals surface area contributed by atoms with Crippen LogP contribution in [0.1, 0.15) is 21.1 Å². The third-order valence-electron chi connectivity index (χ3n) is 3.05. The first-order valence-corrected chi connectivity index (χ1v) is 7.58. The third-order valence-corrected chi connectivity index (χ3v) is 3.82. The number of aromatic nitrogens is 1. The standard InChI is InChI=1S/C15H16F2N2O3S/c1-9-18-11(8-23-9)14(20)19(2)7-10-4-5-12(22-15(16)17)13(6-10)21-3/h4-6,8,15H,7H2,1-3H3. The van der Waals surface area contributed by atoms with Crippen molar-refractivity contribution in [3.8, 4) is 11.5 Å². The topological polar surface area (TPSA) is 51.7 Å². The number of carbonyl (C=O) groups is 1. The van der Waals surface area contributed by atoms with Crippen LogP contribution in [0.15, 0.2) is 23.6 Å². The van der Waals surface area contributed by atoms with Crippen molar-refractivity contribution in [2.45, 2.75) is 20.1 Å². The highest BCUT2D eigenvalue weighted by Gasteiger charge is 2.16. The number of rotatable bonds is 6. The minimum Gasteiger partial charge on any atom is -0.493 e. The van der Waals surface area contributed by atoms with E-state index in [0.29, 0.717) is 12.2 Å². The summed E-state index contributed by atoms with van der Waals surface area (Å²) in [6.45, 7) is -0.804. The molecule has 0 saturated heterocycles. The number of benzene rings is 1. The Morgan fingerprint density at radius 3 is 2.70 bits per heavy atom. The van der Waals surface area contributed by atoms with Crippen LogP contribution in [0.25, 0.3) is 0 Å². The zero-order chi connectivity index (χ0) is 17.0. The number of hydrogen-bond donors (Lipinski definition) is 0. The number of amides is 1. The second-order valence-corrected chi connectivity index (χ2v) is 5.84. The first-order chi connectivity index (χ1) is 10.9. The number of nitrogens with zero attached hydrogens (tertiary/aromatic N) is 2. The summed E-state index contributed by atoms with van der Waals surface area (Å²) in [7, 11) is 3.01. The summed E-state index contributed by atoms with van der Waals surface area (Å²) in [6.07, 6.45) is 0. The van der Waals surface area contributed by atoms with Gasteiger partial charge in [0.25, 0.3) is 5.91 Å². The number of ether oxygens (including phenoxy) is 2. The summed E-state index contributed by atoms with van der Waals surface area (Å²) >= 11 is 1.40. The molecule has 0 aliphatic rings. The highest BCUT2D eigenvalue weighted by Crippen LogP contribution is 2.29. The normalized spacial score (nSPS) is 10.7. The molecule has 0 N–H and O–H groups in total. The van der Waals surface area contributed by atoms with Gasteiger partial charge in [0.15, 0.2) is 11.5 Å². The van der Waals surface area contributed by atoms with Crippen LogP contribution in [-0.2, 0) is 6.54 Å². The molecule has 1 aromatic heterocycles. The molecular weight excluding hydrogens is 326 g/mol. The minimum absolute atomic E-state index is 0.0460. The molecular formula is C15H16F2N2O3S. The molecule has 2 aromatic rings. The number of alkyl halides is 2. The Balaban J connectivity index is 2.11. The summed E-state index contributed by atoms with van der Waals surface area (Å²) in [5.41, 5.74) is 1.12. The van der Waals surface area contributed by atoms with Gasteiger partial charge in [-0.2, -0.15) is 8.78 Å². The lowest BCUT2D eigenvalue weighted by Gasteiger charge is -2.17. The Morgan fingerprint density at radius 2 is 2.13 bits per heavy atom. The van der Waals surface area contributed by atoms with Crippen molar-refractivity contribution in [1.29, 1.82) is 0 Å². The fraction of sp³-hybridized carbons (Fsp3) is 0.333. The van der Waals surface area contributed by atoms with Crippen molar-refractivity contribution < 1.29 is 23.0 Å². The molecule has 1 amide bonds. The van der Waals surface area contributed by atoms with Gasteiger partial charge >= 0.3 is 6.61 Å². The molecule has 1 aromatic carbocycles. The Morgan fingerprint density at radius 1 is 1.39 bits per heavy atom. The van der Waals surface area contributed by atoms with Gasteiger partial charge in [0.05, 0.1) is 12.1 Å². The average Bonchev–Trinajstić information content (AvgIpc) is 2.93. The SMILES string of the molecule is COc1cc(CN(C)C(=O)c2csc(C)n2)ccc1OC(F)F. The maximum Gasteiger partial charge on any atom is 0.387 e. The van der Waals surface area contributed by atoms with E-state index in [9.17, 15) is 13.6 Å². The zero-order valence-corrected chi connectivity index (χ0v) is 13.7. The molecule has 23 heavy (non-hydrogen) atoms. The number of hydrogen-bond acceptors (Lipinski definition) is 5. The molecule has 0 unspecified atom stereocenters. The van der Waals surface area contributed by atoms with E-state index in [4.69, 9.17) is 4.74 Å². The molecule has 0 spiro atoms. The van der Waals surface area contributed by atoms with Crippen molar-refractivity contribution in [3.05, 3.63) is 39.8 Å². The number of carbonyl (C=O) groups excluding carboxylic acids is 1. The average molecular weight is 342 g/mol. The Kier molecular flexibility index (Phi) is 5.49. The Labute approximate surface area is 136 Å². The molecule has 1 heterocycles. The highest BCUT2D eigenvalue weighted by atomic mass is 32.1. The van der Waals surface area contributed by atoms with E-state index in [1.54, 1.807) is 24.6 Å². The maximum atomic E-state index is 12.3. The lowest BCUT2D eigenvalue weighted by Crippen LogP contribution is -2.26. The van der Waals surface area contributed by atoms with Gasteiger partial charge in [0, 0.05) is 19.0 Å². The summed E-state index contributed by atoms with van der Waals surface area (Å²) in [5, 5.41) is 2.52. The van der Waals surface area contributed by atoms with Gasteiger partial charge in [-0.15, -0.1) is 11.3 Å². The lowest BCUT2D eigenvalue weighted by atomic mass is 10.2. The second kappa shape index (κ2) is 7.36. The minimum atomic E-state index is -2.92. The maximum absolute atomic E-state index is 12.3. The number of methoxy groups -OCH3 is 1. The molecule has 0 saturated carbocycles. The van der Waals surface area contributed by atoms with Gasteiger partial charge in [-0.3, -0.25) is 4.79 Å². The lowest BCUT2D eigenvalue weighted by molar-refractivity contribution is -0.0512. The summed E-state index contributed by atoms with van der Waals surface area (Å²) < 4.78 is 34.0.